The molecule has 8 heteroatoms. The summed E-state index contributed by atoms with van der Waals surface area (Å²) >= 11 is 0. The number of hydrogen-bond donors (Lipinski definition) is 0. The lowest BCUT2D eigenvalue weighted by Gasteiger charge is -2.36. The average Bonchev–Trinajstić information content (AvgIpc) is 2.58. The molecule has 0 aliphatic carbocycles. The zero-order chi connectivity index (χ0) is 18.4. The van der Waals surface area contributed by atoms with E-state index in [9.17, 15) is 17.6 Å². The van der Waals surface area contributed by atoms with Crippen molar-refractivity contribution in [3.8, 4) is 0 Å². The zero-order valence-corrected chi connectivity index (χ0v) is 15.2. The molecule has 1 aliphatic heterocycles. The molecule has 1 fully saturated rings. The highest BCUT2D eigenvalue weighted by molar-refractivity contribution is 7.88. The molecular weight excluding hydrogens is 345 g/mol. The minimum Gasteiger partial charge on any atom is -0.368 e. The van der Waals surface area contributed by atoms with E-state index in [1.165, 1.54) is 22.5 Å². The molecule has 1 saturated heterocycles. The first-order valence-electron chi connectivity index (χ1n) is 8.15. The molecule has 2 rings (SSSR count). The van der Waals surface area contributed by atoms with Crippen LogP contribution < -0.4 is 4.90 Å². The van der Waals surface area contributed by atoms with Crippen molar-refractivity contribution >= 4 is 21.6 Å². The SMILES string of the molecule is C=CCN(CCC(=O)N1CCN(c2ccc(F)cc2)CC1)S(C)(=O)=O. The van der Waals surface area contributed by atoms with Crippen LogP contribution in [0.5, 0.6) is 0 Å². The topological polar surface area (TPSA) is 60.9 Å². The predicted molar refractivity (Wildman–Crippen MR) is 96.4 cm³/mol. The number of piperazine rings is 1. The quantitative estimate of drug-likeness (QED) is 0.680. The van der Waals surface area contributed by atoms with Gasteiger partial charge in [0.05, 0.1) is 6.26 Å². The van der Waals surface area contributed by atoms with E-state index in [4.69, 9.17) is 0 Å². The molecule has 6 nitrogen and oxygen atoms in total. The van der Waals surface area contributed by atoms with Gasteiger partial charge in [0, 0.05) is 51.4 Å². The van der Waals surface area contributed by atoms with Gasteiger partial charge in [-0.1, -0.05) is 6.08 Å². The maximum atomic E-state index is 13.0. The summed E-state index contributed by atoms with van der Waals surface area (Å²) in [5.41, 5.74) is 0.933. The van der Waals surface area contributed by atoms with Gasteiger partial charge in [-0.2, -0.15) is 4.31 Å². The first-order chi connectivity index (χ1) is 11.8. The number of carbonyl (C=O) groups is 1. The van der Waals surface area contributed by atoms with E-state index in [-0.39, 0.29) is 31.2 Å². The molecule has 1 aromatic carbocycles. The second-order valence-corrected chi connectivity index (χ2v) is 7.99. The van der Waals surface area contributed by atoms with E-state index in [1.807, 2.05) is 0 Å². The van der Waals surface area contributed by atoms with Gasteiger partial charge in [-0.25, -0.2) is 12.8 Å². The summed E-state index contributed by atoms with van der Waals surface area (Å²) in [7, 11) is -3.35. The normalized spacial score (nSPS) is 15.5. The standard InChI is InChI=1S/C17H24FN3O3S/c1-3-9-21(25(2,23)24)10-8-17(22)20-13-11-19(12-14-20)16-6-4-15(18)5-7-16/h3-7H,1,8-14H2,2H3. The summed E-state index contributed by atoms with van der Waals surface area (Å²) in [6.07, 6.45) is 2.78. The Bertz CT molecular complexity index is 698. The maximum absolute atomic E-state index is 13.0. The minimum atomic E-state index is -3.35. The number of anilines is 1. The number of carbonyl (C=O) groups excluding carboxylic acids is 1. The van der Waals surface area contributed by atoms with Crippen LogP contribution >= 0.6 is 0 Å². The lowest BCUT2D eigenvalue weighted by atomic mass is 10.2. The first-order valence-corrected chi connectivity index (χ1v) is 10.0. The van der Waals surface area contributed by atoms with Gasteiger partial charge >= 0.3 is 0 Å². The van der Waals surface area contributed by atoms with Gasteiger partial charge in [0.2, 0.25) is 15.9 Å². The molecule has 0 spiro atoms. The summed E-state index contributed by atoms with van der Waals surface area (Å²) in [4.78, 5) is 16.2. The number of nitrogens with zero attached hydrogens (tertiary/aromatic N) is 3. The summed E-state index contributed by atoms with van der Waals surface area (Å²) < 4.78 is 37.5. The Kier molecular flexibility index (Phi) is 6.55. The number of sulfonamides is 1. The van der Waals surface area contributed by atoms with Crippen LogP contribution in [-0.4, -0.2) is 69.1 Å². The van der Waals surface area contributed by atoms with Crippen LogP contribution in [0.1, 0.15) is 6.42 Å². The van der Waals surface area contributed by atoms with E-state index in [1.54, 1.807) is 17.0 Å². The summed E-state index contributed by atoms with van der Waals surface area (Å²) in [6, 6.07) is 6.30. The number of benzene rings is 1. The van der Waals surface area contributed by atoms with Crippen molar-refractivity contribution in [3.63, 3.8) is 0 Å². The third-order valence-corrected chi connectivity index (χ3v) is 5.47. The second-order valence-electron chi connectivity index (χ2n) is 6.00. The lowest BCUT2D eigenvalue weighted by molar-refractivity contribution is -0.131. The Hall–Kier alpha value is -1.93. The molecule has 0 radical (unpaired) electrons. The monoisotopic (exact) mass is 369 g/mol. The Balaban J connectivity index is 1.84. The van der Waals surface area contributed by atoms with Crippen molar-refractivity contribution in [2.45, 2.75) is 6.42 Å². The van der Waals surface area contributed by atoms with E-state index in [0.29, 0.717) is 26.2 Å². The highest BCUT2D eigenvalue weighted by atomic mass is 32.2. The zero-order valence-electron chi connectivity index (χ0n) is 14.4. The summed E-state index contributed by atoms with van der Waals surface area (Å²) in [6.45, 7) is 6.36. The van der Waals surface area contributed by atoms with Gasteiger partial charge in [0.25, 0.3) is 0 Å². The van der Waals surface area contributed by atoms with E-state index < -0.39 is 10.0 Å². The lowest BCUT2D eigenvalue weighted by Crippen LogP contribution is -2.49. The van der Waals surface area contributed by atoms with Crippen molar-refractivity contribution in [2.75, 3.05) is 50.4 Å². The van der Waals surface area contributed by atoms with E-state index in [2.05, 4.69) is 11.5 Å². The maximum Gasteiger partial charge on any atom is 0.224 e. The van der Waals surface area contributed by atoms with Gasteiger partial charge in [0.1, 0.15) is 5.82 Å². The van der Waals surface area contributed by atoms with Crippen molar-refractivity contribution < 1.29 is 17.6 Å². The Morgan fingerprint density at radius 1 is 1.24 bits per heavy atom. The summed E-state index contributed by atoms with van der Waals surface area (Å²) in [5, 5.41) is 0. The molecule has 1 aromatic rings. The molecule has 25 heavy (non-hydrogen) atoms. The Labute approximate surface area is 148 Å². The average molecular weight is 369 g/mol. The Morgan fingerprint density at radius 2 is 1.84 bits per heavy atom. The van der Waals surface area contributed by atoms with Crippen LogP contribution in [0.4, 0.5) is 10.1 Å². The smallest absolute Gasteiger partial charge is 0.224 e. The fourth-order valence-electron chi connectivity index (χ4n) is 2.78. The van der Waals surface area contributed by atoms with Gasteiger partial charge in [0.15, 0.2) is 0 Å². The molecule has 0 N–H and O–H groups in total. The van der Waals surface area contributed by atoms with Crippen molar-refractivity contribution in [2.24, 2.45) is 0 Å². The third kappa shape index (κ3) is 5.54. The molecule has 138 valence electrons. The van der Waals surface area contributed by atoms with E-state index in [0.717, 1.165) is 11.9 Å². The van der Waals surface area contributed by atoms with Crippen molar-refractivity contribution in [1.29, 1.82) is 0 Å². The molecule has 0 aromatic heterocycles. The van der Waals surface area contributed by atoms with Crippen LogP contribution in [0, 0.1) is 5.82 Å². The van der Waals surface area contributed by atoms with Crippen LogP contribution in [0.2, 0.25) is 0 Å². The van der Waals surface area contributed by atoms with Crippen molar-refractivity contribution in [1.82, 2.24) is 9.21 Å². The molecule has 0 bridgehead atoms. The first kappa shape index (κ1) is 19.4. The van der Waals surface area contributed by atoms with Gasteiger partial charge < -0.3 is 9.80 Å². The van der Waals surface area contributed by atoms with Gasteiger partial charge in [-0.05, 0) is 24.3 Å². The third-order valence-electron chi connectivity index (χ3n) is 4.20. The number of amides is 1. The molecule has 1 amide bonds. The molecule has 0 saturated carbocycles. The number of hydrogen-bond acceptors (Lipinski definition) is 4. The van der Waals surface area contributed by atoms with Crippen LogP contribution in [-0.2, 0) is 14.8 Å². The van der Waals surface area contributed by atoms with Gasteiger partial charge in [-0.3, -0.25) is 4.79 Å². The largest absolute Gasteiger partial charge is 0.368 e. The summed E-state index contributed by atoms with van der Waals surface area (Å²) in [5.74, 6) is -0.330. The fourth-order valence-corrected chi connectivity index (χ4v) is 3.58. The Morgan fingerprint density at radius 3 is 2.36 bits per heavy atom. The predicted octanol–water partition coefficient (Wildman–Crippen LogP) is 1.31. The highest BCUT2D eigenvalue weighted by Crippen LogP contribution is 2.17. The highest BCUT2D eigenvalue weighted by Gasteiger charge is 2.23. The molecule has 1 aliphatic rings. The molecule has 1 heterocycles. The van der Waals surface area contributed by atoms with E-state index >= 15 is 0 Å². The molecule has 0 atom stereocenters. The number of rotatable bonds is 7. The van der Waals surface area contributed by atoms with Crippen LogP contribution in [0.15, 0.2) is 36.9 Å². The molecular formula is C17H24FN3O3S. The fraction of sp³-hybridized carbons (Fsp3) is 0.471. The van der Waals surface area contributed by atoms with Gasteiger partial charge in [-0.15, -0.1) is 6.58 Å². The number of halogens is 1. The second kappa shape index (κ2) is 8.44. The van der Waals surface area contributed by atoms with Crippen LogP contribution in [0.3, 0.4) is 0 Å². The van der Waals surface area contributed by atoms with Crippen LogP contribution in [0.25, 0.3) is 0 Å². The molecule has 0 unspecified atom stereocenters. The van der Waals surface area contributed by atoms with Crippen molar-refractivity contribution in [3.05, 3.63) is 42.7 Å². The minimum absolute atomic E-state index is 0.0588.